The minimum Gasteiger partial charge on any atom is -0.371 e. The zero-order chi connectivity index (χ0) is 15.7. The van der Waals surface area contributed by atoms with Crippen molar-refractivity contribution < 1.29 is 9.18 Å². The molecular weight excluding hydrogens is 303 g/mol. The van der Waals surface area contributed by atoms with Gasteiger partial charge in [0, 0.05) is 29.4 Å². The molecule has 1 fully saturated rings. The molecule has 1 aliphatic rings. The van der Waals surface area contributed by atoms with Gasteiger partial charge in [0.2, 0.25) is 5.91 Å². The third-order valence-electron chi connectivity index (χ3n) is 4.06. The van der Waals surface area contributed by atoms with Gasteiger partial charge in [0.15, 0.2) is 0 Å². The third-order valence-corrected chi connectivity index (χ3v) is 4.39. The topological polar surface area (TPSA) is 46.3 Å². The Balaban J connectivity index is 1.90. The van der Waals surface area contributed by atoms with Gasteiger partial charge in [0.25, 0.3) is 0 Å². The number of hydrogen-bond acceptors (Lipinski definition) is 2. The fraction of sp³-hybridized carbons (Fsp3) is 0.235. The van der Waals surface area contributed by atoms with Gasteiger partial charge in [-0.2, -0.15) is 0 Å². The number of carbonyl (C=O) groups excluding carboxylic acids is 1. The normalized spacial score (nSPS) is 17.7. The molecule has 1 heterocycles. The van der Waals surface area contributed by atoms with Crippen LogP contribution in [0, 0.1) is 11.7 Å². The van der Waals surface area contributed by atoms with Crippen LogP contribution in [0.1, 0.15) is 6.42 Å². The standard InChI is InChI=1S/C17H16ClFN2O/c18-16-6-5-14(21-8-7-12(10-21)17(20)22)9-15(16)11-1-3-13(19)4-2-11/h1-6,9,12H,7-8,10H2,(H2,20,22)/t12-/m1/s1. The van der Waals surface area contributed by atoms with E-state index in [4.69, 9.17) is 17.3 Å². The fourth-order valence-corrected chi connectivity index (χ4v) is 3.01. The summed E-state index contributed by atoms with van der Waals surface area (Å²) in [6, 6.07) is 12.0. The van der Waals surface area contributed by atoms with E-state index in [2.05, 4.69) is 4.90 Å². The van der Waals surface area contributed by atoms with Crippen molar-refractivity contribution in [3.63, 3.8) is 0 Å². The Hall–Kier alpha value is -2.07. The van der Waals surface area contributed by atoms with Gasteiger partial charge in [-0.25, -0.2) is 4.39 Å². The smallest absolute Gasteiger partial charge is 0.222 e. The van der Waals surface area contributed by atoms with Crippen molar-refractivity contribution in [2.24, 2.45) is 11.7 Å². The summed E-state index contributed by atoms with van der Waals surface area (Å²) < 4.78 is 13.1. The maximum Gasteiger partial charge on any atom is 0.222 e. The van der Waals surface area contributed by atoms with Crippen molar-refractivity contribution in [3.8, 4) is 11.1 Å². The van der Waals surface area contributed by atoms with Crippen molar-refractivity contribution in [1.82, 2.24) is 0 Å². The van der Waals surface area contributed by atoms with Crippen LogP contribution in [0.4, 0.5) is 10.1 Å². The Kier molecular flexibility index (Phi) is 4.03. The summed E-state index contributed by atoms with van der Waals surface area (Å²) in [5, 5.41) is 0.612. The van der Waals surface area contributed by atoms with Crippen LogP contribution >= 0.6 is 11.6 Å². The van der Waals surface area contributed by atoms with E-state index in [-0.39, 0.29) is 17.6 Å². The van der Waals surface area contributed by atoms with E-state index in [9.17, 15) is 9.18 Å². The second-order valence-corrected chi connectivity index (χ2v) is 5.91. The Labute approximate surface area is 133 Å². The van der Waals surface area contributed by atoms with Crippen LogP contribution in [0.2, 0.25) is 5.02 Å². The Morgan fingerprint density at radius 3 is 2.59 bits per heavy atom. The largest absolute Gasteiger partial charge is 0.371 e. The Bertz CT molecular complexity index is 702. The molecule has 22 heavy (non-hydrogen) atoms. The van der Waals surface area contributed by atoms with Crippen LogP contribution in [0.15, 0.2) is 42.5 Å². The summed E-state index contributed by atoms with van der Waals surface area (Å²) in [6.07, 6.45) is 0.768. The van der Waals surface area contributed by atoms with Crippen LogP contribution in [0.25, 0.3) is 11.1 Å². The predicted molar refractivity (Wildman–Crippen MR) is 86.4 cm³/mol. The lowest BCUT2D eigenvalue weighted by Gasteiger charge is -2.19. The highest BCUT2D eigenvalue weighted by molar-refractivity contribution is 6.33. The zero-order valence-corrected chi connectivity index (χ0v) is 12.7. The Morgan fingerprint density at radius 2 is 1.95 bits per heavy atom. The van der Waals surface area contributed by atoms with Crippen LogP contribution in [0.3, 0.4) is 0 Å². The minimum atomic E-state index is -0.278. The zero-order valence-electron chi connectivity index (χ0n) is 11.9. The molecule has 0 aliphatic carbocycles. The van der Waals surface area contributed by atoms with E-state index in [0.717, 1.165) is 29.8 Å². The lowest BCUT2D eigenvalue weighted by Crippen LogP contribution is -2.27. The molecule has 0 saturated carbocycles. The van der Waals surface area contributed by atoms with Gasteiger partial charge in [0.05, 0.1) is 5.92 Å². The van der Waals surface area contributed by atoms with E-state index >= 15 is 0 Å². The quantitative estimate of drug-likeness (QED) is 0.942. The van der Waals surface area contributed by atoms with Crippen molar-refractivity contribution in [1.29, 1.82) is 0 Å². The average Bonchev–Trinajstić information content (AvgIpc) is 2.99. The van der Waals surface area contributed by atoms with Crippen molar-refractivity contribution in [2.45, 2.75) is 6.42 Å². The van der Waals surface area contributed by atoms with E-state index in [0.29, 0.717) is 11.6 Å². The lowest BCUT2D eigenvalue weighted by atomic mass is 10.0. The van der Waals surface area contributed by atoms with Gasteiger partial charge < -0.3 is 10.6 Å². The first-order chi connectivity index (χ1) is 10.5. The van der Waals surface area contributed by atoms with Gasteiger partial charge in [-0.1, -0.05) is 23.7 Å². The number of nitrogens with zero attached hydrogens (tertiary/aromatic N) is 1. The molecule has 3 rings (SSSR count). The van der Waals surface area contributed by atoms with Crippen molar-refractivity contribution in [3.05, 3.63) is 53.3 Å². The van der Waals surface area contributed by atoms with Crippen LogP contribution in [-0.4, -0.2) is 19.0 Å². The third kappa shape index (κ3) is 2.92. The number of hydrogen-bond donors (Lipinski definition) is 1. The summed E-state index contributed by atoms with van der Waals surface area (Å²) in [6.45, 7) is 1.41. The molecule has 0 bridgehead atoms. The summed E-state index contributed by atoms with van der Waals surface area (Å²) >= 11 is 6.27. The molecular formula is C17H16ClFN2O. The summed E-state index contributed by atoms with van der Waals surface area (Å²) in [4.78, 5) is 13.4. The van der Waals surface area contributed by atoms with Crippen LogP contribution in [0.5, 0.6) is 0 Å². The maximum absolute atomic E-state index is 13.1. The SMILES string of the molecule is NC(=O)[C@@H]1CCN(c2ccc(Cl)c(-c3ccc(F)cc3)c2)C1. The molecule has 0 unspecified atom stereocenters. The molecule has 2 aromatic rings. The minimum absolute atomic E-state index is 0.107. The van der Waals surface area contributed by atoms with Crippen molar-refractivity contribution >= 4 is 23.2 Å². The highest BCUT2D eigenvalue weighted by Gasteiger charge is 2.27. The first-order valence-corrected chi connectivity index (χ1v) is 7.52. The number of rotatable bonds is 3. The molecule has 114 valence electrons. The number of amides is 1. The average molecular weight is 319 g/mol. The fourth-order valence-electron chi connectivity index (χ4n) is 2.79. The van der Waals surface area contributed by atoms with E-state index in [1.54, 1.807) is 12.1 Å². The highest BCUT2D eigenvalue weighted by atomic mass is 35.5. The number of halogens is 2. The van der Waals surface area contributed by atoms with Gasteiger partial charge in [-0.05, 0) is 42.3 Å². The van der Waals surface area contributed by atoms with E-state index in [1.807, 2.05) is 18.2 Å². The summed E-state index contributed by atoms with van der Waals surface area (Å²) in [7, 11) is 0. The molecule has 0 spiro atoms. The molecule has 1 aliphatic heterocycles. The monoisotopic (exact) mass is 318 g/mol. The first kappa shape index (κ1) is 14.9. The lowest BCUT2D eigenvalue weighted by molar-refractivity contribution is -0.121. The molecule has 1 saturated heterocycles. The van der Waals surface area contributed by atoms with Gasteiger partial charge >= 0.3 is 0 Å². The summed E-state index contributed by atoms with van der Waals surface area (Å²) in [5.74, 6) is -0.639. The van der Waals surface area contributed by atoms with Crippen LogP contribution < -0.4 is 10.6 Å². The second kappa shape index (κ2) is 5.97. The summed E-state index contributed by atoms with van der Waals surface area (Å²) in [5.41, 5.74) is 8.08. The van der Waals surface area contributed by atoms with E-state index in [1.165, 1.54) is 12.1 Å². The predicted octanol–water partition coefficient (Wildman–Crippen LogP) is 3.46. The maximum atomic E-state index is 13.1. The molecule has 3 nitrogen and oxygen atoms in total. The van der Waals surface area contributed by atoms with Crippen LogP contribution in [-0.2, 0) is 4.79 Å². The molecule has 0 aromatic heterocycles. The molecule has 1 amide bonds. The van der Waals surface area contributed by atoms with E-state index < -0.39 is 0 Å². The Morgan fingerprint density at radius 1 is 1.23 bits per heavy atom. The molecule has 5 heteroatoms. The van der Waals surface area contributed by atoms with Gasteiger partial charge in [-0.3, -0.25) is 4.79 Å². The van der Waals surface area contributed by atoms with Crippen molar-refractivity contribution in [2.75, 3.05) is 18.0 Å². The molecule has 1 atom stereocenters. The second-order valence-electron chi connectivity index (χ2n) is 5.51. The number of nitrogens with two attached hydrogens (primary N) is 1. The highest BCUT2D eigenvalue weighted by Crippen LogP contribution is 2.33. The molecule has 0 radical (unpaired) electrons. The first-order valence-electron chi connectivity index (χ1n) is 7.14. The number of carbonyl (C=O) groups is 1. The van der Waals surface area contributed by atoms with Gasteiger partial charge in [-0.15, -0.1) is 0 Å². The molecule has 2 N–H and O–H groups in total. The number of benzene rings is 2. The molecule has 2 aromatic carbocycles. The number of anilines is 1. The van der Waals surface area contributed by atoms with Gasteiger partial charge in [0.1, 0.15) is 5.82 Å². The number of primary amides is 1.